The Morgan fingerprint density at radius 3 is 2.48 bits per heavy atom. The van der Waals surface area contributed by atoms with Gasteiger partial charge in [-0.1, -0.05) is 29.8 Å². The number of aliphatic carboxylic acids is 1. The fourth-order valence-corrected chi connectivity index (χ4v) is 3.02. The molecule has 1 amide bonds. The maximum Gasteiger partial charge on any atom is 0.317 e. The molecule has 2 N–H and O–H groups in total. The maximum atomic E-state index is 12.0. The molecule has 0 aromatic heterocycles. The minimum atomic E-state index is -0.937. The molecule has 7 heteroatoms. The Hall–Kier alpha value is -0.920. The smallest absolute Gasteiger partial charge is 0.317 e. The lowest BCUT2D eigenvalue weighted by molar-refractivity contribution is -0.138. The molecular formula is C14H18Br2N2O3. The second kappa shape index (κ2) is 8.51. The third kappa shape index (κ3) is 7.06. The summed E-state index contributed by atoms with van der Waals surface area (Å²) in [6.45, 7) is 4.43. The van der Waals surface area contributed by atoms with Crippen molar-refractivity contribution in [2.75, 3.05) is 25.0 Å². The number of anilines is 1. The Balaban J connectivity index is 2.66. The van der Waals surface area contributed by atoms with E-state index in [4.69, 9.17) is 5.11 Å². The van der Waals surface area contributed by atoms with Crippen molar-refractivity contribution in [1.82, 2.24) is 4.90 Å². The lowest BCUT2D eigenvalue weighted by Gasteiger charge is -2.21. The second-order valence-corrected chi connectivity index (χ2v) is 6.90. The van der Waals surface area contributed by atoms with Gasteiger partial charge in [-0.2, -0.15) is 0 Å². The summed E-state index contributed by atoms with van der Waals surface area (Å²) in [5, 5.41) is 11.7. The van der Waals surface area contributed by atoms with Crippen LogP contribution in [0.15, 0.2) is 27.1 Å². The number of nitrogens with one attached hydrogen (secondary N) is 1. The predicted octanol–water partition coefficient (Wildman–Crippen LogP) is 3.19. The molecule has 0 saturated carbocycles. The summed E-state index contributed by atoms with van der Waals surface area (Å²) in [6.07, 6.45) is 0. The van der Waals surface area contributed by atoms with E-state index >= 15 is 0 Å². The number of nitrogens with zero attached hydrogens (tertiary/aromatic N) is 1. The average Bonchev–Trinajstić information content (AvgIpc) is 2.30. The van der Waals surface area contributed by atoms with Crippen LogP contribution in [-0.2, 0) is 9.59 Å². The molecule has 0 aliphatic rings. The summed E-state index contributed by atoms with van der Waals surface area (Å²) in [4.78, 5) is 24.5. The zero-order valence-electron chi connectivity index (χ0n) is 11.9. The number of carboxylic acids is 1. The van der Waals surface area contributed by atoms with Crippen molar-refractivity contribution in [1.29, 1.82) is 0 Å². The summed E-state index contributed by atoms with van der Waals surface area (Å²) in [7, 11) is 0. The zero-order chi connectivity index (χ0) is 16.0. The highest BCUT2D eigenvalue weighted by molar-refractivity contribution is 9.11. The number of carbonyl (C=O) groups is 2. The van der Waals surface area contributed by atoms with Gasteiger partial charge >= 0.3 is 5.97 Å². The molecule has 0 atom stereocenters. The molecule has 0 spiro atoms. The number of hydrogen-bond acceptors (Lipinski definition) is 3. The molecule has 0 saturated heterocycles. The van der Waals surface area contributed by atoms with Gasteiger partial charge in [-0.3, -0.25) is 14.5 Å². The zero-order valence-corrected chi connectivity index (χ0v) is 15.1. The molecule has 1 aromatic carbocycles. The number of carbonyl (C=O) groups excluding carboxylic acids is 1. The molecule has 0 fully saturated rings. The molecule has 1 aromatic rings. The van der Waals surface area contributed by atoms with Gasteiger partial charge in [0.15, 0.2) is 0 Å². The molecule has 116 valence electrons. The lowest BCUT2D eigenvalue weighted by Crippen LogP contribution is -2.39. The van der Waals surface area contributed by atoms with Crippen LogP contribution < -0.4 is 5.32 Å². The van der Waals surface area contributed by atoms with E-state index in [1.54, 1.807) is 11.0 Å². The van der Waals surface area contributed by atoms with Crippen molar-refractivity contribution >= 4 is 49.4 Å². The molecule has 5 nitrogen and oxygen atoms in total. The fraction of sp³-hybridized carbons (Fsp3) is 0.429. The number of rotatable bonds is 7. The van der Waals surface area contributed by atoms with Crippen LogP contribution in [0.2, 0.25) is 0 Å². The number of hydrogen-bond donors (Lipinski definition) is 2. The Morgan fingerprint density at radius 1 is 1.29 bits per heavy atom. The highest BCUT2D eigenvalue weighted by atomic mass is 79.9. The highest BCUT2D eigenvalue weighted by Gasteiger charge is 2.16. The van der Waals surface area contributed by atoms with Crippen LogP contribution in [0.3, 0.4) is 0 Å². The summed E-state index contributed by atoms with van der Waals surface area (Å²) < 4.78 is 1.67. The van der Waals surface area contributed by atoms with Crippen LogP contribution in [0, 0.1) is 5.92 Å². The molecule has 0 radical (unpaired) electrons. The fourth-order valence-electron chi connectivity index (χ4n) is 1.88. The van der Waals surface area contributed by atoms with Gasteiger partial charge in [0.05, 0.1) is 18.8 Å². The molecule has 1 rings (SSSR count). The number of carboxylic acid groups (broad SMARTS) is 1. The minimum absolute atomic E-state index is 0.0486. The second-order valence-electron chi connectivity index (χ2n) is 5.13. The summed E-state index contributed by atoms with van der Waals surface area (Å²) in [5.41, 5.74) is 0.656. The first-order valence-corrected chi connectivity index (χ1v) is 8.05. The van der Waals surface area contributed by atoms with E-state index in [9.17, 15) is 9.59 Å². The van der Waals surface area contributed by atoms with E-state index in [0.717, 1.165) is 8.95 Å². The third-order valence-corrected chi connectivity index (χ3v) is 3.70. The summed E-state index contributed by atoms with van der Waals surface area (Å²) in [5.74, 6) is -0.884. The van der Waals surface area contributed by atoms with E-state index in [0.29, 0.717) is 12.2 Å². The first-order valence-electron chi connectivity index (χ1n) is 6.47. The molecule has 0 aliphatic heterocycles. The van der Waals surface area contributed by atoms with Gasteiger partial charge in [-0.25, -0.2) is 0 Å². The Bertz CT molecular complexity index is 521. The molecule has 0 aliphatic carbocycles. The van der Waals surface area contributed by atoms with Crippen LogP contribution in [0.1, 0.15) is 13.8 Å². The summed E-state index contributed by atoms with van der Waals surface area (Å²) in [6, 6.07) is 5.43. The van der Waals surface area contributed by atoms with E-state index in [1.165, 1.54) is 0 Å². The predicted molar refractivity (Wildman–Crippen MR) is 89.4 cm³/mol. The van der Waals surface area contributed by atoms with Crippen molar-refractivity contribution in [3.63, 3.8) is 0 Å². The Labute approximate surface area is 141 Å². The third-order valence-electron chi connectivity index (χ3n) is 2.55. The van der Waals surface area contributed by atoms with Crippen molar-refractivity contribution < 1.29 is 14.7 Å². The number of amides is 1. The van der Waals surface area contributed by atoms with Crippen LogP contribution >= 0.6 is 31.9 Å². The SMILES string of the molecule is CC(C)CN(CC(=O)O)CC(=O)Nc1ccc(Br)cc1Br. The van der Waals surface area contributed by atoms with Crippen molar-refractivity contribution in [2.24, 2.45) is 5.92 Å². The summed E-state index contributed by atoms with van der Waals surface area (Å²) >= 11 is 6.71. The van der Waals surface area contributed by atoms with Crippen molar-refractivity contribution in [3.05, 3.63) is 27.1 Å². The molecule has 0 heterocycles. The molecular weight excluding hydrogens is 404 g/mol. The molecule has 21 heavy (non-hydrogen) atoms. The quantitative estimate of drug-likeness (QED) is 0.709. The normalized spacial score (nSPS) is 11.0. The van der Waals surface area contributed by atoms with Crippen LogP contribution in [0.4, 0.5) is 5.69 Å². The van der Waals surface area contributed by atoms with Crippen molar-refractivity contribution in [2.45, 2.75) is 13.8 Å². The van der Waals surface area contributed by atoms with Gasteiger partial charge in [0, 0.05) is 15.5 Å². The molecule has 0 unspecified atom stereocenters. The van der Waals surface area contributed by atoms with E-state index in [1.807, 2.05) is 26.0 Å². The van der Waals surface area contributed by atoms with E-state index in [-0.39, 0.29) is 24.9 Å². The van der Waals surface area contributed by atoms with Crippen molar-refractivity contribution in [3.8, 4) is 0 Å². The first-order chi connectivity index (χ1) is 9.77. The monoisotopic (exact) mass is 420 g/mol. The Morgan fingerprint density at radius 2 is 1.95 bits per heavy atom. The number of benzene rings is 1. The lowest BCUT2D eigenvalue weighted by atomic mass is 10.2. The molecule has 0 bridgehead atoms. The van der Waals surface area contributed by atoms with Gasteiger partial charge in [0.1, 0.15) is 0 Å². The number of halogens is 2. The Kier molecular flexibility index (Phi) is 7.34. The van der Waals surface area contributed by atoms with Crippen LogP contribution in [0.5, 0.6) is 0 Å². The van der Waals surface area contributed by atoms with E-state index in [2.05, 4.69) is 37.2 Å². The minimum Gasteiger partial charge on any atom is -0.480 e. The topological polar surface area (TPSA) is 69.6 Å². The van der Waals surface area contributed by atoms with Gasteiger partial charge in [0.2, 0.25) is 5.91 Å². The van der Waals surface area contributed by atoms with Crippen LogP contribution in [0.25, 0.3) is 0 Å². The largest absolute Gasteiger partial charge is 0.480 e. The van der Waals surface area contributed by atoms with Gasteiger partial charge in [-0.05, 0) is 40.0 Å². The van der Waals surface area contributed by atoms with Crippen LogP contribution in [-0.4, -0.2) is 41.5 Å². The van der Waals surface area contributed by atoms with Gasteiger partial charge < -0.3 is 10.4 Å². The van der Waals surface area contributed by atoms with Gasteiger partial charge in [-0.15, -0.1) is 0 Å². The van der Waals surface area contributed by atoms with E-state index < -0.39 is 5.97 Å². The average molecular weight is 422 g/mol. The van der Waals surface area contributed by atoms with Gasteiger partial charge in [0.25, 0.3) is 0 Å². The highest BCUT2D eigenvalue weighted by Crippen LogP contribution is 2.26. The first kappa shape index (κ1) is 18.1. The maximum absolute atomic E-state index is 12.0. The standard InChI is InChI=1S/C14H18Br2N2O3/c1-9(2)6-18(8-14(20)21)7-13(19)17-12-4-3-10(15)5-11(12)16/h3-5,9H,6-8H2,1-2H3,(H,17,19)(H,20,21).